The van der Waals surface area contributed by atoms with Gasteiger partial charge in [0.1, 0.15) is 34.5 Å². The van der Waals surface area contributed by atoms with Crippen molar-refractivity contribution in [2.24, 2.45) is 0 Å². The molecule has 2 amide bonds. The molecule has 38 heavy (non-hydrogen) atoms. The summed E-state index contributed by atoms with van der Waals surface area (Å²) in [5, 5.41) is 7.83. The van der Waals surface area contributed by atoms with E-state index in [1.165, 1.54) is 16.5 Å². The summed E-state index contributed by atoms with van der Waals surface area (Å²) < 4.78 is 7.58. The van der Waals surface area contributed by atoms with Crippen molar-refractivity contribution in [1.82, 2.24) is 29.6 Å². The number of pyridine rings is 1. The summed E-state index contributed by atoms with van der Waals surface area (Å²) in [6.45, 7) is 3.72. The molecule has 1 N–H and O–H groups in total. The van der Waals surface area contributed by atoms with Gasteiger partial charge in [0, 0.05) is 36.8 Å². The number of amides is 2. The largest absolute Gasteiger partial charge is 0.377 e. The summed E-state index contributed by atoms with van der Waals surface area (Å²) in [4.78, 5) is 53.1. The average Bonchev–Trinajstić information content (AvgIpc) is 3.27. The quantitative estimate of drug-likeness (QED) is 0.273. The number of halogens is 1. The lowest BCUT2D eigenvalue weighted by Gasteiger charge is -2.34. The fourth-order valence-electron chi connectivity index (χ4n) is 4.31. The molecule has 1 aromatic carbocycles. The van der Waals surface area contributed by atoms with Crippen molar-refractivity contribution in [1.29, 1.82) is 0 Å². The van der Waals surface area contributed by atoms with E-state index < -0.39 is 11.9 Å². The summed E-state index contributed by atoms with van der Waals surface area (Å²) in [7, 11) is 0. The number of ether oxygens (including phenoxy) is 1. The monoisotopic (exact) mass is 577 g/mol. The zero-order valence-corrected chi connectivity index (χ0v) is 22.3. The Morgan fingerprint density at radius 3 is 2.66 bits per heavy atom. The molecule has 0 radical (unpaired) electrons. The van der Waals surface area contributed by atoms with Gasteiger partial charge in [0.25, 0.3) is 5.91 Å². The van der Waals surface area contributed by atoms with Crippen LogP contribution in [0, 0.1) is 6.92 Å². The third-order valence-electron chi connectivity index (χ3n) is 6.20. The molecule has 1 aliphatic heterocycles. The smallest absolute Gasteiger partial charge is 0.250 e. The molecular weight excluding hydrogens is 554 g/mol. The van der Waals surface area contributed by atoms with Gasteiger partial charge in [-0.25, -0.2) is 15.0 Å². The van der Waals surface area contributed by atoms with Crippen molar-refractivity contribution in [2.75, 3.05) is 25.1 Å². The van der Waals surface area contributed by atoms with E-state index in [9.17, 15) is 14.4 Å². The number of fused-ring (bicyclic) bond motifs is 1. The number of anilines is 1. The number of ketones is 1. The molecule has 11 nitrogen and oxygen atoms in total. The Morgan fingerprint density at radius 2 is 1.92 bits per heavy atom. The van der Waals surface area contributed by atoms with Crippen molar-refractivity contribution in [3.8, 4) is 11.1 Å². The highest BCUT2D eigenvalue weighted by Gasteiger charge is 2.33. The zero-order chi connectivity index (χ0) is 26.8. The molecule has 1 saturated heterocycles. The molecule has 0 bridgehead atoms. The molecule has 4 heterocycles. The van der Waals surface area contributed by atoms with Crippen LogP contribution in [0.15, 0.2) is 53.4 Å². The first-order chi connectivity index (χ1) is 18.3. The van der Waals surface area contributed by atoms with Crippen LogP contribution in [0.3, 0.4) is 0 Å². The number of aromatic nitrogens is 5. The number of nitrogens with zero attached hydrogens (tertiary/aromatic N) is 6. The molecule has 194 valence electrons. The van der Waals surface area contributed by atoms with Gasteiger partial charge < -0.3 is 15.0 Å². The Balaban J connectivity index is 1.40. The third-order valence-corrected chi connectivity index (χ3v) is 6.64. The fraction of sp³-hybridized carbons (Fsp3) is 0.269. The van der Waals surface area contributed by atoms with E-state index in [1.54, 1.807) is 30.6 Å². The van der Waals surface area contributed by atoms with E-state index in [1.807, 2.05) is 25.1 Å². The second kappa shape index (κ2) is 10.8. The number of hydrogen-bond acceptors (Lipinski definition) is 8. The Morgan fingerprint density at radius 1 is 1.13 bits per heavy atom. The summed E-state index contributed by atoms with van der Waals surface area (Å²) in [6.07, 6.45) is 3.44. The van der Waals surface area contributed by atoms with Crippen LogP contribution in [-0.2, 0) is 20.9 Å². The highest BCUT2D eigenvalue weighted by Crippen LogP contribution is 2.27. The Bertz CT molecular complexity index is 1540. The number of carbonyl (C=O) groups excluding carboxylic acids is 3. The number of benzene rings is 1. The second-order valence-electron chi connectivity index (χ2n) is 8.83. The molecule has 5 rings (SSSR count). The van der Waals surface area contributed by atoms with Crippen LogP contribution in [0.1, 0.15) is 23.2 Å². The van der Waals surface area contributed by atoms with Crippen LogP contribution >= 0.6 is 15.9 Å². The number of carbonyl (C=O) groups is 3. The minimum absolute atomic E-state index is 0.0616. The van der Waals surface area contributed by atoms with Crippen molar-refractivity contribution in [2.45, 2.75) is 26.4 Å². The molecule has 1 aliphatic rings. The van der Waals surface area contributed by atoms with Crippen LogP contribution in [0.5, 0.6) is 0 Å². The maximum absolute atomic E-state index is 13.4. The van der Waals surface area contributed by atoms with E-state index in [0.717, 1.165) is 11.1 Å². The Hall–Kier alpha value is -4.03. The summed E-state index contributed by atoms with van der Waals surface area (Å²) in [6, 6.07) is 9.87. The zero-order valence-electron chi connectivity index (χ0n) is 20.7. The summed E-state index contributed by atoms with van der Waals surface area (Å²) in [5.41, 5.74) is 2.53. The van der Waals surface area contributed by atoms with Crippen LogP contribution < -0.4 is 5.32 Å². The highest BCUT2D eigenvalue weighted by molar-refractivity contribution is 9.10. The van der Waals surface area contributed by atoms with E-state index in [0.29, 0.717) is 33.8 Å². The third kappa shape index (κ3) is 5.31. The average molecular weight is 578 g/mol. The molecule has 12 heteroatoms. The Kier molecular flexibility index (Phi) is 7.25. The lowest BCUT2D eigenvalue weighted by atomic mass is 10.0. The van der Waals surface area contributed by atoms with Crippen LogP contribution in [0.2, 0.25) is 0 Å². The number of nitrogens with one attached hydrogen (secondary N) is 1. The molecule has 3 aromatic heterocycles. The standard InChI is InChI=1S/C26H24BrN7O4/c1-15(35)25-19-10-17(18-11-28-16(2)29-12-18)6-7-20(19)34(32-25)13-24(36)33-8-9-38-14-21(33)26(37)31-23-5-3-4-22(27)30-23/h3-7,10-12,21H,8-9,13-14H2,1-2H3,(H,30,31,37)/t21-/m0/s1. The molecule has 0 saturated carbocycles. The second-order valence-corrected chi connectivity index (χ2v) is 9.64. The van der Waals surface area contributed by atoms with Gasteiger partial charge >= 0.3 is 0 Å². The minimum atomic E-state index is -0.834. The van der Waals surface area contributed by atoms with Crippen molar-refractivity contribution < 1.29 is 19.1 Å². The minimum Gasteiger partial charge on any atom is -0.377 e. The van der Waals surface area contributed by atoms with Gasteiger partial charge in [-0.2, -0.15) is 5.10 Å². The predicted octanol–water partition coefficient (Wildman–Crippen LogP) is 3.03. The van der Waals surface area contributed by atoms with E-state index in [2.05, 4.69) is 41.3 Å². The maximum atomic E-state index is 13.4. The van der Waals surface area contributed by atoms with Gasteiger partial charge in [0.15, 0.2) is 5.78 Å². The van der Waals surface area contributed by atoms with Gasteiger partial charge in [-0.1, -0.05) is 12.1 Å². The van der Waals surface area contributed by atoms with Gasteiger partial charge in [0.2, 0.25) is 5.91 Å². The van der Waals surface area contributed by atoms with Gasteiger partial charge in [-0.05, 0) is 52.7 Å². The van der Waals surface area contributed by atoms with E-state index in [4.69, 9.17) is 4.74 Å². The van der Waals surface area contributed by atoms with Gasteiger partial charge in [-0.15, -0.1) is 0 Å². The van der Waals surface area contributed by atoms with Crippen LogP contribution in [-0.4, -0.2) is 73.0 Å². The first-order valence-corrected chi connectivity index (χ1v) is 12.7. The molecule has 1 atom stereocenters. The number of Topliss-reactive ketones (excluding diaryl/α,β-unsaturated/α-hetero) is 1. The van der Waals surface area contributed by atoms with Crippen molar-refractivity contribution >= 4 is 50.2 Å². The Labute approximate surface area is 226 Å². The van der Waals surface area contributed by atoms with Crippen molar-refractivity contribution in [3.05, 3.63) is 64.9 Å². The first-order valence-electron chi connectivity index (χ1n) is 11.9. The number of aryl methyl sites for hydroxylation is 1. The van der Waals surface area contributed by atoms with Gasteiger partial charge in [-0.3, -0.25) is 19.1 Å². The normalized spacial score (nSPS) is 15.4. The SMILES string of the molecule is CC(=O)c1nn(CC(=O)N2CCOC[C@H]2C(=O)Nc2cccc(Br)n2)c2ccc(-c3cnc(C)nc3)cc12. The lowest BCUT2D eigenvalue weighted by molar-refractivity contribution is -0.146. The fourth-order valence-corrected chi connectivity index (χ4v) is 4.65. The first kappa shape index (κ1) is 25.6. The molecule has 0 aliphatic carbocycles. The number of rotatable bonds is 6. The summed E-state index contributed by atoms with van der Waals surface area (Å²) >= 11 is 3.28. The topological polar surface area (TPSA) is 132 Å². The van der Waals surface area contributed by atoms with Crippen LogP contribution in [0.25, 0.3) is 22.0 Å². The lowest BCUT2D eigenvalue weighted by Crippen LogP contribution is -2.55. The van der Waals surface area contributed by atoms with Crippen molar-refractivity contribution in [3.63, 3.8) is 0 Å². The molecule has 0 unspecified atom stereocenters. The molecular formula is C26H24BrN7O4. The number of hydrogen-bond donors (Lipinski definition) is 1. The summed E-state index contributed by atoms with van der Waals surface area (Å²) in [5.74, 6) is 0.0908. The van der Waals surface area contributed by atoms with Crippen LogP contribution in [0.4, 0.5) is 5.82 Å². The molecule has 4 aromatic rings. The molecule has 1 fully saturated rings. The highest BCUT2D eigenvalue weighted by atomic mass is 79.9. The van der Waals surface area contributed by atoms with E-state index >= 15 is 0 Å². The van der Waals surface area contributed by atoms with Gasteiger partial charge in [0.05, 0.1) is 18.7 Å². The van der Waals surface area contributed by atoms with E-state index in [-0.39, 0.29) is 37.1 Å². The maximum Gasteiger partial charge on any atom is 0.250 e. The predicted molar refractivity (Wildman–Crippen MR) is 142 cm³/mol. The number of morpholine rings is 1. The molecule has 0 spiro atoms.